The summed E-state index contributed by atoms with van der Waals surface area (Å²) in [5.41, 5.74) is 3.19. The summed E-state index contributed by atoms with van der Waals surface area (Å²) in [6.07, 6.45) is 0. The summed E-state index contributed by atoms with van der Waals surface area (Å²) in [4.78, 5) is 6.81. The zero-order valence-corrected chi connectivity index (χ0v) is 12.5. The number of aromatic nitrogens is 1. The maximum atomic E-state index is 12.3. The molecule has 3 rings (SSSR count). The zero-order chi connectivity index (χ0) is 15.6. The third kappa shape index (κ3) is 1.53. The van der Waals surface area contributed by atoms with Crippen molar-refractivity contribution < 1.29 is 16.8 Å². The van der Waals surface area contributed by atoms with E-state index in [0.29, 0.717) is 5.55 Å². The highest BCUT2D eigenvalue weighted by atomic mass is 32.2. The van der Waals surface area contributed by atoms with Gasteiger partial charge in [0.25, 0.3) is 0 Å². The average Bonchev–Trinajstić information content (AvgIpc) is 2.83. The Hall–Kier alpha value is -2.21. The summed E-state index contributed by atoms with van der Waals surface area (Å²) in [6.45, 7) is 1.28. The number of fused-ring (bicyclic) bond motifs is 3. The van der Waals surface area contributed by atoms with Gasteiger partial charge in [0.1, 0.15) is 26.1 Å². The number of aliphatic imine (C=N–C) groups is 2. The maximum Gasteiger partial charge on any atom is 0.224 e. The van der Waals surface area contributed by atoms with Crippen LogP contribution < -0.4 is 16.8 Å². The molecule has 0 aliphatic carbocycles. The molecule has 0 bridgehead atoms. The predicted octanol–water partition coefficient (Wildman–Crippen LogP) is -1.28. The molecule has 0 unspecified atom stereocenters. The summed E-state index contributed by atoms with van der Waals surface area (Å²) >= 11 is 0. The van der Waals surface area contributed by atoms with Crippen molar-refractivity contribution in [1.29, 1.82) is 0 Å². The van der Waals surface area contributed by atoms with Crippen LogP contribution in [0.2, 0.25) is 0 Å². The lowest BCUT2D eigenvalue weighted by Gasteiger charge is -2.13. The van der Waals surface area contributed by atoms with Crippen LogP contribution in [0.4, 0.5) is 11.5 Å². The molecule has 3 heterocycles. The van der Waals surface area contributed by atoms with E-state index < -0.39 is 29.5 Å². The third-order valence-electron chi connectivity index (χ3n) is 3.13. The minimum absolute atomic E-state index is 0.0303. The fourth-order valence-corrected chi connectivity index (χ4v) is 5.21. The topological polar surface area (TPSA) is 148 Å². The van der Waals surface area contributed by atoms with Gasteiger partial charge in [0.15, 0.2) is 11.3 Å². The summed E-state index contributed by atoms with van der Waals surface area (Å²) < 4.78 is 50.1. The monoisotopic (exact) mass is 330 g/mol. The van der Waals surface area contributed by atoms with Gasteiger partial charge in [0.2, 0.25) is 19.7 Å². The van der Waals surface area contributed by atoms with Crippen molar-refractivity contribution >= 4 is 41.8 Å². The van der Waals surface area contributed by atoms with Crippen molar-refractivity contribution in [2.75, 3.05) is 12.5 Å². The highest BCUT2D eigenvalue weighted by molar-refractivity contribution is 8.08. The van der Waals surface area contributed by atoms with Gasteiger partial charge in [-0.15, -0.1) is 0 Å². The first-order valence-electron chi connectivity index (χ1n) is 5.60. The Bertz CT molecular complexity index is 1010. The van der Waals surface area contributed by atoms with Crippen LogP contribution in [0.1, 0.15) is 6.92 Å². The summed E-state index contributed by atoms with van der Waals surface area (Å²) in [5.74, 6) is 5.19. The van der Waals surface area contributed by atoms with Gasteiger partial charge in [-0.3, -0.25) is 0 Å². The van der Waals surface area contributed by atoms with E-state index in [9.17, 15) is 16.8 Å². The van der Waals surface area contributed by atoms with E-state index in [1.165, 1.54) is 18.6 Å². The van der Waals surface area contributed by atoms with E-state index in [-0.39, 0.29) is 22.0 Å². The summed E-state index contributed by atoms with van der Waals surface area (Å²) in [5, 5.41) is 3.28. The molecule has 12 heteroatoms. The van der Waals surface area contributed by atoms with Crippen LogP contribution in [0.15, 0.2) is 24.9 Å². The minimum Gasteiger partial charge on any atom is -0.325 e. The molecule has 10 nitrogen and oxygen atoms in total. The molecule has 0 saturated heterocycles. The molecule has 2 aliphatic heterocycles. The number of pyridine rings is 1. The van der Waals surface area contributed by atoms with Crippen LogP contribution in [0, 0.1) is 0 Å². The average molecular weight is 330 g/mol. The Kier molecular flexibility index (Phi) is 2.57. The van der Waals surface area contributed by atoms with Crippen molar-refractivity contribution in [1.82, 2.24) is 4.68 Å². The molecule has 0 fully saturated rings. The van der Waals surface area contributed by atoms with Gasteiger partial charge in [-0.25, -0.2) is 31.5 Å². The number of nitrogens with zero attached hydrogens (tertiary/aromatic N) is 4. The fraction of sp³-hybridized carbons (Fsp3) is 0.222. The van der Waals surface area contributed by atoms with Gasteiger partial charge in [0.05, 0.1) is 0 Å². The Morgan fingerprint density at radius 3 is 2.52 bits per heavy atom. The number of hydrogen-bond acceptors (Lipinski definition) is 9. The van der Waals surface area contributed by atoms with Crippen molar-refractivity contribution in [2.24, 2.45) is 20.9 Å². The van der Waals surface area contributed by atoms with Gasteiger partial charge < -0.3 is 11.3 Å². The molecule has 0 radical (unpaired) electrons. The molecule has 1 aromatic heterocycles. The number of rotatable bonds is 1. The van der Waals surface area contributed by atoms with Crippen LogP contribution in [-0.4, -0.2) is 39.1 Å². The first kappa shape index (κ1) is 13.8. The molecule has 1 aromatic rings. The van der Waals surface area contributed by atoms with E-state index in [1.54, 1.807) is 0 Å². The van der Waals surface area contributed by atoms with Gasteiger partial charge in [-0.1, -0.05) is 0 Å². The molecular weight excluding hydrogens is 320 g/mol. The summed E-state index contributed by atoms with van der Waals surface area (Å²) in [7, 11) is -6.48. The van der Waals surface area contributed by atoms with Gasteiger partial charge >= 0.3 is 0 Å². The van der Waals surface area contributed by atoms with E-state index in [4.69, 9.17) is 5.84 Å². The molecule has 0 spiro atoms. The van der Waals surface area contributed by atoms with Crippen molar-refractivity contribution in [3.8, 4) is 0 Å². The standard InChI is InChI=1S/C9H10N6O4S2/c1-4-13-9-7(21(4,18)19)6-5(12-3-20(6,16)17)8(14-10)15(9)11-2/h3,11H,10H2,1-2H3/b14-8-. The first-order chi connectivity index (χ1) is 9.75. The van der Waals surface area contributed by atoms with Gasteiger partial charge in [0, 0.05) is 7.05 Å². The van der Waals surface area contributed by atoms with Gasteiger partial charge in [-0.2, -0.15) is 5.10 Å². The lowest BCUT2D eigenvalue weighted by molar-refractivity contribution is 0.595. The second-order valence-electron chi connectivity index (χ2n) is 4.26. The number of sulfone groups is 2. The van der Waals surface area contributed by atoms with Crippen molar-refractivity contribution in [2.45, 2.75) is 16.7 Å². The van der Waals surface area contributed by atoms with Crippen LogP contribution in [0.5, 0.6) is 0 Å². The van der Waals surface area contributed by atoms with Crippen LogP contribution in [0.3, 0.4) is 0 Å². The SMILES string of the molecule is CNn1c2c(c3c(/c1=N/N)N=CS3(=O)=O)S(=O)(=O)C(C)=N2. The second-order valence-corrected chi connectivity index (χ2v) is 7.97. The molecule has 3 N–H and O–H groups in total. The molecule has 2 aliphatic rings. The Balaban J connectivity index is 2.68. The Labute approximate surface area is 119 Å². The largest absolute Gasteiger partial charge is 0.325 e. The normalized spacial score (nSPS) is 21.0. The molecule has 0 saturated carbocycles. The number of nitrogens with one attached hydrogen (secondary N) is 1. The minimum atomic E-state index is -3.99. The fourth-order valence-electron chi connectivity index (χ4n) is 2.20. The zero-order valence-electron chi connectivity index (χ0n) is 10.9. The van der Waals surface area contributed by atoms with Crippen molar-refractivity contribution in [3.63, 3.8) is 0 Å². The highest BCUT2D eigenvalue weighted by Crippen LogP contribution is 2.42. The van der Waals surface area contributed by atoms with Crippen LogP contribution in [-0.2, 0) is 19.7 Å². The van der Waals surface area contributed by atoms with E-state index in [2.05, 4.69) is 20.5 Å². The lowest BCUT2D eigenvalue weighted by atomic mass is 10.4. The van der Waals surface area contributed by atoms with Crippen molar-refractivity contribution in [3.05, 3.63) is 5.49 Å². The smallest absolute Gasteiger partial charge is 0.224 e. The Morgan fingerprint density at radius 2 is 1.95 bits per heavy atom. The quantitative estimate of drug-likeness (QED) is 0.484. The summed E-state index contributed by atoms with van der Waals surface area (Å²) in [6, 6.07) is 0. The molecule has 0 aromatic carbocycles. The molecule has 0 atom stereocenters. The molecule has 0 amide bonds. The Morgan fingerprint density at radius 1 is 1.29 bits per heavy atom. The van der Waals surface area contributed by atoms with E-state index in [1.807, 2.05) is 0 Å². The molecular formula is C9H10N6O4S2. The van der Waals surface area contributed by atoms with E-state index in [0.717, 1.165) is 0 Å². The highest BCUT2D eigenvalue weighted by Gasteiger charge is 2.42. The lowest BCUT2D eigenvalue weighted by Crippen LogP contribution is -2.30. The van der Waals surface area contributed by atoms with E-state index >= 15 is 0 Å². The second kappa shape index (κ2) is 3.92. The number of hydrogen-bond donors (Lipinski definition) is 2. The molecule has 112 valence electrons. The van der Waals surface area contributed by atoms with Crippen LogP contribution in [0.25, 0.3) is 0 Å². The maximum absolute atomic E-state index is 12.3. The third-order valence-corrected chi connectivity index (χ3v) is 6.40. The van der Waals surface area contributed by atoms with Crippen LogP contribution >= 0.6 is 0 Å². The van der Waals surface area contributed by atoms with Gasteiger partial charge in [-0.05, 0) is 6.92 Å². The number of nitrogens with two attached hydrogens (primary N) is 1. The molecule has 21 heavy (non-hydrogen) atoms. The predicted molar refractivity (Wildman–Crippen MR) is 74.8 cm³/mol. The first-order valence-corrected chi connectivity index (χ1v) is 8.63.